The Morgan fingerprint density at radius 1 is 1.00 bits per heavy atom. The van der Waals surface area contributed by atoms with Crippen LogP contribution in [0.1, 0.15) is 84.5 Å². The van der Waals surface area contributed by atoms with Crippen LogP contribution in [-0.4, -0.2) is 5.11 Å². The van der Waals surface area contributed by atoms with Crippen LogP contribution >= 0.6 is 12.4 Å². The van der Waals surface area contributed by atoms with Crippen molar-refractivity contribution in [1.82, 2.24) is 0 Å². The van der Waals surface area contributed by atoms with Gasteiger partial charge in [0, 0.05) is 11.6 Å². The Balaban J connectivity index is 0.00000441. The summed E-state index contributed by atoms with van der Waals surface area (Å²) in [5, 5.41) is 10.7. The molecule has 0 saturated heterocycles. The van der Waals surface area contributed by atoms with Crippen molar-refractivity contribution >= 4 is 12.4 Å². The first-order chi connectivity index (χ1) is 9.34. The molecule has 3 N–H and O–H groups in total. The van der Waals surface area contributed by atoms with Crippen molar-refractivity contribution in [3.05, 3.63) is 28.8 Å². The molecule has 0 bridgehead atoms. The van der Waals surface area contributed by atoms with E-state index in [4.69, 9.17) is 5.73 Å². The van der Waals surface area contributed by atoms with Crippen molar-refractivity contribution in [3.63, 3.8) is 0 Å². The van der Waals surface area contributed by atoms with Crippen LogP contribution in [0.2, 0.25) is 0 Å². The van der Waals surface area contributed by atoms with Crippen molar-refractivity contribution in [1.29, 1.82) is 0 Å². The molecule has 0 aliphatic rings. The maximum atomic E-state index is 10.7. The quantitative estimate of drug-likeness (QED) is 0.774. The topological polar surface area (TPSA) is 46.2 Å². The van der Waals surface area contributed by atoms with E-state index in [1.165, 1.54) is 5.56 Å². The van der Waals surface area contributed by atoms with Crippen LogP contribution in [0.5, 0.6) is 5.75 Å². The number of nitrogens with two attached hydrogens (primary N) is 1. The van der Waals surface area contributed by atoms with Crippen molar-refractivity contribution in [3.8, 4) is 5.75 Å². The van der Waals surface area contributed by atoms with Gasteiger partial charge in [0.2, 0.25) is 0 Å². The Labute approximate surface area is 142 Å². The van der Waals surface area contributed by atoms with Crippen molar-refractivity contribution in [2.24, 2.45) is 11.7 Å². The van der Waals surface area contributed by atoms with Crippen LogP contribution in [0.4, 0.5) is 0 Å². The molecule has 0 radical (unpaired) electrons. The number of rotatable bonds is 3. The van der Waals surface area contributed by atoms with E-state index in [-0.39, 0.29) is 29.3 Å². The number of hydrogen-bond acceptors (Lipinski definition) is 2. The lowest BCUT2D eigenvalue weighted by atomic mass is 9.77. The molecule has 0 aliphatic heterocycles. The van der Waals surface area contributed by atoms with Gasteiger partial charge in [0.15, 0.2) is 0 Å². The second kappa shape index (κ2) is 7.23. The van der Waals surface area contributed by atoms with Gasteiger partial charge in [-0.3, -0.25) is 0 Å². The Bertz CT molecular complexity index is 495. The van der Waals surface area contributed by atoms with Crippen LogP contribution in [0.3, 0.4) is 0 Å². The summed E-state index contributed by atoms with van der Waals surface area (Å²) in [5.74, 6) is 0.888. The molecule has 0 saturated carbocycles. The van der Waals surface area contributed by atoms with Crippen LogP contribution in [0.25, 0.3) is 0 Å². The molecule has 0 unspecified atom stereocenters. The number of hydrogen-bond donors (Lipinski definition) is 2. The Kier molecular flexibility index (Phi) is 6.99. The van der Waals surface area contributed by atoms with Gasteiger partial charge in [0.1, 0.15) is 5.75 Å². The van der Waals surface area contributed by atoms with Gasteiger partial charge in [0.05, 0.1) is 0 Å². The molecule has 3 heteroatoms. The van der Waals surface area contributed by atoms with Crippen LogP contribution in [0.15, 0.2) is 12.1 Å². The molecule has 1 aromatic rings. The van der Waals surface area contributed by atoms with Gasteiger partial charge in [0.25, 0.3) is 0 Å². The molecular weight excluding hydrogens is 294 g/mol. The molecule has 0 amide bonds. The average Bonchev–Trinajstić information content (AvgIpc) is 2.24. The first-order valence-corrected chi connectivity index (χ1v) is 7.97. The molecule has 1 aromatic carbocycles. The Hall–Kier alpha value is -0.730. The van der Waals surface area contributed by atoms with E-state index in [0.717, 1.165) is 17.5 Å². The highest BCUT2D eigenvalue weighted by atomic mass is 35.5. The largest absolute Gasteiger partial charge is 0.507 e. The highest BCUT2D eigenvalue weighted by Gasteiger charge is 2.26. The fourth-order valence-corrected chi connectivity index (χ4v) is 2.58. The zero-order valence-electron chi connectivity index (χ0n) is 15.4. The zero-order chi connectivity index (χ0) is 16.6. The summed E-state index contributed by atoms with van der Waals surface area (Å²) in [7, 11) is 0. The van der Waals surface area contributed by atoms with Gasteiger partial charge >= 0.3 is 0 Å². The van der Waals surface area contributed by atoms with Crippen LogP contribution in [-0.2, 0) is 10.8 Å². The van der Waals surface area contributed by atoms with Gasteiger partial charge in [-0.05, 0) is 40.4 Å². The predicted octanol–water partition coefficient (Wildman–Crippen LogP) is 5.45. The smallest absolute Gasteiger partial charge is 0.124 e. The third kappa shape index (κ3) is 5.17. The highest BCUT2D eigenvalue weighted by molar-refractivity contribution is 5.85. The van der Waals surface area contributed by atoms with Gasteiger partial charge < -0.3 is 10.8 Å². The van der Waals surface area contributed by atoms with Crippen LogP contribution < -0.4 is 5.73 Å². The van der Waals surface area contributed by atoms with E-state index in [1.54, 1.807) is 0 Å². The minimum absolute atomic E-state index is 0. The molecule has 0 spiro atoms. The summed E-state index contributed by atoms with van der Waals surface area (Å²) in [6.45, 7) is 17.3. The van der Waals surface area contributed by atoms with E-state index in [9.17, 15) is 5.11 Å². The number of halogens is 1. The molecule has 1 rings (SSSR count). The second-order valence-corrected chi connectivity index (χ2v) is 8.70. The lowest BCUT2D eigenvalue weighted by Crippen LogP contribution is -2.20. The molecule has 0 fully saturated rings. The Morgan fingerprint density at radius 2 is 1.50 bits per heavy atom. The van der Waals surface area contributed by atoms with Crippen LogP contribution in [0, 0.1) is 5.92 Å². The summed E-state index contributed by atoms with van der Waals surface area (Å²) in [4.78, 5) is 0. The highest BCUT2D eigenvalue weighted by Crippen LogP contribution is 2.40. The first kappa shape index (κ1) is 21.3. The SMILES string of the molecule is CC(C)C[C@H](N)c1cc(C(C)(C)C)cc(C(C)(C)C)c1O.Cl. The molecular formula is C19H34ClNO. The van der Waals surface area contributed by atoms with Gasteiger partial charge in [-0.25, -0.2) is 0 Å². The fourth-order valence-electron chi connectivity index (χ4n) is 2.58. The Morgan fingerprint density at radius 3 is 1.86 bits per heavy atom. The zero-order valence-corrected chi connectivity index (χ0v) is 16.3. The summed E-state index contributed by atoms with van der Waals surface area (Å²) in [6, 6.07) is 4.12. The lowest BCUT2D eigenvalue weighted by molar-refractivity contribution is 0.422. The number of phenolic OH excluding ortho intramolecular Hbond substituents is 1. The van der Waals surface area contributed by atoms with Crippen molar-refractivity contribution in [2.45, 2.75) is 78.7 Å². The average molecular weight is 328 g/mol. The summed E-state index contributed by atoms with van der Waals surface area (Å²) in [5.41, 5.74) is 9.42. The number of benzene rings is 1. The number of phenols is 1. The maximum Gasteiger partial charge on any atom is 0.124 e. The minimum Gasteiger partial charge on any atom is -0.507 e. The first-order valence-electron chi connectivity index (χ1n) is 7.97. The van der Waals surface area contributed by atoms with Crippen molar-refractivity contribution in [2.75, 3.05) is 0 Å². The summed E-state index contributed by atoms with van der Waals surface area (Å²) in [6.07, 6.45) is 0.880. The third-order valence-electron chi connectivity index (χ3n) is 3.94. The standard InChI is InChI=1S/C19H33NO.ClH/c1-12(2)9-16(20)14-10-13(18(3,4)5)11-15(17(14)21)19(6,7)8;/h10-12,16,21H,9,20H2,1-8H3;1H/t16-;/m0./s1. The molecule has 128 valence electrons. The third-order valence-corrected chi connectivity index (χ3v) is 3.94. The number of aromatic hydroxyl groups is 1. The molecule has 22 heavy (non-hydrogen) atoms. The van der Waals surface area contributed by atoms with Gasteiger partial charge in [-0.1, -0.05) is 61.5 Å². The minimum atomic E-state index is -0.117. The maximum absolute atomic E-state index is 10.7. The monoisotopic (exact) mass is 327 g/mol. The van der Waals surface area contributed by atoms with Gasteiger partial charge in [-0.15, -0.1) is 12.4 Å². The molecule has 0 heterocycles. The van der Waals surface area contributed by atoms with E-state index < -0.39 is 0 Å². The van der Waals surface area contributed by atoms with E-state index in [1.807, 2.05) is 0 Å². The second-order valence-electron chi connectivity index (χ2n) is 8.70. The van der Waals surface area contributed by atoms with E-state index >= 15 is 0 Å². The van der Waals surface area contributed by atoms with E-state index in [2.05, 4.69) is 67.5 Å². The molecule has 1 atom stereocenters. The van der Waals surface area contributed by atoms with Crippen molar-refractivity contribution < 1.29 is 5.11 Å². The summed E-state index contributed by atoms with van der Waals surface area (Å²) >= 11 is 0. The molecule has 2 nitrogen and oxygen atoms in total. The fraction of sp³-hybridized carbons (Fsp3) is 0.684. The molecule has 0 aromatic heterocycles. The lowest BCUT2D eigenvalue weighted by Gasteiger charge is -2.29. The van der Waals surface area contributed by atoms with Gasteiger partial charge in [-0.2, -0.15) is 0 Å². The van der Waals surface area contributed by atoms with E-state index in [0.29, 0.717) is 11.7 Å². The molecule has 0 aliphatic carbocycles. The predicted molar refractivity (Wildman–Crippen MR) is 99.1 cm³/mol. The normalized spacial score (nSPS) is 13.9. The summed E-state index contributed by atoms with van der Waals surface area (Å²) < 4.78 is 0.